The van der Waals surface area contributed by atoms with E-state index in [0.717, 1.165) is 50.2 Å². The number of hydrogen-bond acceptors (Lipinski definition) is 5. The number of azide groups is 1. The number of anilines is 2. The van der Waals surface area contributed by atoms with Crippen molar-refractivity contribution in [3.63, 3.8) is 0 Å². The molecule has 4 aromatic rings. The van der Waals surface area contributed by atoms with E-state index in [2.05, 4.69) is 30.5 Å². The number of alkyl halides is 3. The third kappa shape index (κ3) is 7.98. The number of aromatic nitrogens is 1. The molecule has 1 fully saturated rings. The highest BCUT2D eigenvalue weighted by molar-refractivity contribution is 6.06. The van der Waals surface area contributed by atoms with Crippen LogP contribution < -0.4 is 15.5 Å². The average Bonchev–Trinajstić information content (AvgIpc) is 3.06. The second-order valence-electron chi connectivity index (χ2n) is 10.6. The maximum absolute atomic E-state index is 13.3. The van der Waals surface area contributed by atoms with Crippen molar-refractivity contribution in [1.82, 2.24) is 10.3 Å². The molecule has 2 heterocycles. The average molecular weight is 614 g/mol. The predicted octanol–water partition coefficient (Wildman–Crippen LogP) is 7.75. The van der Waals surface area contributed by atoms with Gasteiger partial charge in [0.2, 0.25) is 0 Å². The normalized spacial score (nSPS) is 13.1. The lowest BCUT2D eigenvalue weighted by Gasteiger charge is -2.29. The predicted molar refractivity (Wildman–Crippen MR) is 166 cm³/mol. The Morgan fingerprint density at radius 2 is 1.64 bits per heavy atom. The van der Waals surface area contributed by atoms with Gasteiger partial charge in [-0.2, -0.15) is 13.2 Å². The van der Waals surface area contributed by atoms with Gasteiger partial charge in [-0.1, -0.05) is 29.4 Å². The molecule has 2 N–H and O–H groups in total. The van der Waals surface area contributed by atoms with E-state index >= 15 is 0 Å². The maximum atomic E-state index is 13.3. The number of carbonyl (C=O) groups is 2. The number of rotatable bonds is 9. The van der Waals surface area contributed by atoms with E-state index in [-0.39, 0.29) is 24.6 Å². The number of amides is 2. The maximum Gasteiger partial charge on any atom is 0.416 e. The number of benzene rings is 3. The summed E-state index contributed by atoms with van der Waals surface area (Å²) in [5, 5.41) is 9.20. The van der Waals surface area contributed by atoms with Crippen LogP contribution in [0.25, 0.3) is 21.7 Å². The Kier molecular flexibility index (Phi) is 9.64. The third-order valence-corrected chi connectivity index (χ3v) is 7.48. The minimum absolute atomic E-state index is 0.0924. The van der Waals surface area contributed by atoms with Gasteiger partial charge in [0.25, 0.3) is 11.8 Å². The number of pyridine rings is 1. The lowest BCUT2D eigenvalue weighted by molar-refractivity contribution is -0.137. The molecule has 230 valence electrons. The lowest BCUT2D eigenvalue weighted by atomic mass is 10.0. The van der Waals surface area contributed by atoms with Gasteiger partial charge in [-0.3, -0.25) is 14.6 Å². The van der Waals surface area contributed by atoms with Gasteiger partial charge >= 0.3 is 6.18 Å². The van der Waals surface area contributed by atoms with Crippen molar-refractivity contribution in [1.29, 1.82) is 0 Å². The van der Waals surface area contributed by atoms with Gasteiger partial charge < -0.3 is 15.5 Å². The van der Waals surface area contributed by atoms with E-state index in [0.29, 0.717) is 33.6 Å². The molecule has 1 aromatic heterocycles. The van der Waals surface area contributed by atoms with Crippen molar-refractivity contribution in [3.8, 4) is 11.3 Å². The Bertz CT molecular complexity index is 1750. The summed E-state index contributed by atoms with van der Waals surface area (Å²) in [6.45, 7) is 1.81. The highest BCUT2D eigenvalue weighted by atomic mass is 19.4. The molecule has 0 unspecified atom stereocenters. The zero-order valence-corrected chi connectivity index (χ0v) is 24.2. The van der Waals surface area contributed by atoms with Gasteiger partial charge in [-0.25, -0.2) is 0 Å². The summed E-state index contributed by atoms with van der Waals surface area (Å²) in [5.41, 5.74) is 12.0. The minimum atomic E-state index is -4.48. The van der Waals surface area contributed by atoms with Crippen LogP contribution in [0, 0.1) is 0 Å². The summed E-state index contributed by atoms with van der Waals surface area (Å²) >= 11 is 0. The van der Waals surface area contributed by atoms with Crippen LogP contribution in [-0.4, -0.2) is 29.9 Å². The molecule has 1 aliphatic heterocycles. The number of nitrogens with zero attached hydrogens (tertiary/aromatic N) is 5. The number of carbonyl (C=O) groups excluding carboxylic acids is 2. The van der Waals surface area contributed by atoms with E-state index in [9.17, 15) is 22.8 Å². The van der Waals surface area contributed by atoms with E-state index in [1.54, 1.807) is 30.3 Å². The minimum Gasteiger partial charge on any atom is -0.372 e. The summed E-state index contributed by atoms with van der Waals surface area (Å²) in [6, 6.07) is 20.4. The molecule has 12 heteroatoms. The van der Waals surface area contributed by atoms with Crippen LogP contribution in [0.5, 0.6) is 0 Å². The first-order valence-electron chi connectivity index (χ1n) is 14.4. The summed E-state index contributed by atoms with van der Waals surface area (Å²) in [7, 11) is 0. The van der Waals surface area contributed by atoms with Gasteiger partial charge in [-0.15, -0.1) is 0 Å². The summed E-state index contributed by atoms with van der Waals surface area (Å²) < 4.78 is 39.3. The molecule has 0 saturated carbocycles. The molecule has 1 saturated heterocycles. The van der Waals surface area contributed by atoms with Gasteiger partial charge in [-0.05, 0) is 90.5 Å². The SMILES string of the molecule is [N-]=[N+]=NCc1cccc(C(=O)Nc2ccc(N3CCCCC3)cc2-c2cc(C(=O)NCc3cccc(C(F)(F)F)c3)ccn2)c1. The first-order valence-corrected chi connectivity index (χ1v) is 14.4. The molecule has 0 spiro atoms. The van der Waals surface area contributed by atoms with Crippen LogP contribution in [0.4, 0.5) is 24.5 Å². The molecule has 0 aliphatic carbocycles. The first-order chi connectivity index (χ1) is 21.7. The van der Waals surface area contributed by atoms with Crippen LogP contribution in [0.3, 0.4) is 0 Å². The summed E-state index contributed by atoms with van der Waals surface area (Å²) in [5.74, 6) is -0.856. The Labute approximate surface area is 257 Å². The second-order valence-corrected chi connectivity index (χ2v) is 10.6. The van der Waals surface area contributed by atoms with Crippen molar-refractivity contribution in [2.45, 2.75) is 38.5 Å². The first kappa shape index (κ1) is 31.1. The fourth-order valence-corrected chi connectivity index (χ4v) is 5.18. The van der Waals surface area contributed by atoms with Gasteiger partial charge in [0.1, 0.15) is 0 Å². The van der Waals surface area contributed by atoms with Crippen molar-refractivity contribution < 1.29 is 22.8 Å². The molecule has 0 radical (unpaired) electrons. The standard InChI is InChI=1S/C33H30F3N7O2/c34-33(35,36)26-9-5-7-23(17-26)20-39-31(44)25-12-13-38-30(18-25)28-19-27(43-14-2-1-3-15-43)10-11-29(28)41-32(45)24-8-4-6-22(16-24)21-40-42-37/h4-13,16-19H,1-3,14-15,20-21H2,(H,39,44)(H,41,45). The topological polar surface area (TPSA) is 123 Å². The largest absolute Gasteiger partial charge is 0.416 e. The van der Waals surface area contributed by atoms with Gasteiger partial charge in [0, 0.05) is 53.1 Å². The molecular weight excluding hydrogens is 583 g/mol. The van der Waals surface area contributed by atoms with Crippen LogP contribution in [0.2, 0.25) is 0 Å². The van der Waals surface area contributed by atoms with E-state index in [4.69, 9.17) is 5.53 Å². The number of halogens is 3. The van der Waals surface area contributed by atoms with Crippen molar-refractivity contribution >= 4 is 23.2 Å². The van der Waals surface area contributed by atoms with Crippen LogP contribution in [0.1, 0.15) is 56.7 Å². The van der Waals surface area contributed by atoms with Crippen LogP contribution in [0.15, 0.2) is 90.2 Å². The Hall–Kier alpha value is -5.35. The van der Waals surface area contributed by atoms with Crippen LogP contribution >= 0.6 is 0 Å². The van der Waals surface area contributed by atoms with Crippen molar-refractivity contribution in [3.05, 3.63) is 123 Å². The molecule has 9 nitrogen and oxygen atoms in total. The Balaban J connectivity index is 1.41. The quantitative estimate of drug-likeness (QED) is 0.114. The number of hydrogen-bond donors (Lipinski definition) is 2. The third-order valence-electron chi connectivity index (χ3n) is 7.48. The van der Waals surface area contributed by atoms with Gasteiger partial charge in [0.05, 0.1) is 23.5 Å². The highest BCUT2D eigenvalue weighted by Gasteiger charge is 2.30. The van der Waals surface area contributed by atoms with E-state index < -0.39 is 17.6 Å². The Morgan fingerprint density at radius 3 is 2.42 bits per heavy atom. The zero-order chi connectivity index (χ0) is 31.8. The number of piperidine rings is 1. The van der Waals surface area contributed by atoms with Gasteiger partial charge in [0.15, 0.2) is 0 Å². The fourth-order valence-electron chi connectivity index (χ4n) is 5.18. The molecule has 45 heavy (non-hydrogen) atoms. The molecule has 5 rings (SSSR count). The molecule has 3 aromatic carbocycles. The molecular formula is C33H30F3N7O2. The second kappa shape index (κ2) is 14.0. The Morgan fingerprint density at radius 1 is 0.889 bits per heavy atom. The molecule has 2 amide bonds. The lowest BCUT2D eigenvalue weighted by Crippen LogP contribution is -2.29. The van der Waals surface area contributed by atoms with Crippen LogP contribution in [-0.2, 0) is 19.3 Å². The molecule has 0 atom stereocenters. The zero-order valence-electron chi connectivity index (χ0n) is 24.2. The monoisotopic (exact) mass is 613 g/mol. The van der Waals surface area contributed by atoms with Crippen molar-refractivity contribution in [2.75, 3.05) is 23.3 Å². The molecule has 1 aliphatic rings. The smallest absolute Gasteiger partial charge is 0.372 e. The summed E-state index contributed by atoms with van der Waals surface area (Å²) in [6.07, 6.45) is 0.298. The van der Waals surface area contributed by atoms with E-state index in [1.807, 2.05) is 18.2 Å². The number of nitrogens with one attached hydrogen (secondary N) is 2. The summed E-state index contributed by atoms with van der Waals surface area (Å²) in [4.78, 5) is 35.9. The van der Waals surface area contributed by atoms with Crippen molar-refractivity contribution in [2.24, 2.45) is 5.11 Å². The highest BCUT2D eigenvalue weighted by Crippen LogP contribution is 2.33. The van der Waals surface area contributed by atoms with E-state index in [1.165, 1.54) is 24.4 Å². The fraction of sp³-hybridized carbons (Fsp3) is 0.242. The molecule has 0 bridgehead atoms.